The van der Waals surface area contributed by atoms with Gasteiger partial charge in [0.05, 0.1) is 4.75 Å². The molecule has 0 fully saturated rings. The van der Waals surface area contributed by atoms with Gasteiger partial charge >= 0.3 is 0 Å². The molecule has 0 aromatic rings. The third-order valence-corrected chi connectivity index (χ3v) is 3.89. The van der Waals surface area contributed by atoms with Gasteiger partial charge in [-0.05, 0) is 19.4 Å². The number of allylic oxidation sites excluding steroid dienone is 2. The minimum atomic E-state index is -0.638. The molecule has 1 atom stereocenters. The molecule has 8 heteroatoms. The van der Waals surface area contributed by atoms with Crippen LogP contribution < -0.4 is 5.32 Å². The molecule has 0 radical (unpaired) electrons. The van der Waals surface area contributed by atoms with Crippen molar-refractivity contribution in [1.82, 2.24) is 5.32 Å². The number of rotatable bonds is 8. The van der Waals surface area contributed by atoms with Crippen LogP contribution in [0, 0.1) is 0 Å². The minimum absolute atomic E-state index is 0.116. The number of nitrogens with zero attached hydrogens (tertiary/aromatic N) is 3. The molecule has 118 valence electrons. The van der Waals surface area contributed by atoms with Gasteiger partial charge in [0.2, 0.25) is 5.12 Å². The summed E-state index contributed by atoms with van der Waals surface area (Å²) in [7, 11) is 0. The minimum Gasteiger partial charge on any atom is -0.486 e. The van der Waals surface area contributed by atoms with Crippen LogP contribution in [0.3, 0.4) is 0 Å². The summed E-state index contributed by atoms with van der Waals surface area (Å²) >= 11 is 1.13. The lowest BCUT2D eigenvalue weighted by Gasteiger charge is -2.23. The van der Waals surface area contributed by atoms with Crippen molar-refractivity contribution in [1.29, 1.82) is 0 Å². The fourth-order valence-corrected chi connectivity index (χ4v) is 2.85. The normalized spacial score (nSPS) is 20.9. The second-order valence-electron chi connectivity index (χ2n) is 4.72. The molecule has 0 bridgehead atoms. The van der Waals surface area contributed by atoms with Gasteiger partial charge in [0.25, 0.3) is 5.91 Å². The van der Waals surface area contributed by atoms with Gasteiger partial charge in [-0.1, -0.05) is 41.2 Å². The number of azide groups is 1. The Morgan fingerprint density at radius 1 is 1.68 bits per heavy atom. The topological polar surface area (TPSA) is 104 Å². The van der Waals surface area contributed by atoms with Gasteiger partial charge in [-0.2, -0.15) is 0 Å². The third-order valence-electron chi connectivity index (χ3n) is 2.83. The van der Waals surface area contributed by atoms with Crippen LogP contribution in [-0.2, 0) is 14.3 Å². The zero-order valence-corrected chi connectivity index (χ0v) is 13.4. The molecule has 0 aliphatic carbocycles. The highest BCUT2D eigenvalue weighted by atomic mass is 32.2. The molecular formula is C14H18N4O3S. The molecule has 0 saturated carbocycles. The second-order valence-corrected chi connectivity index (χ2v) is 6.18. The number of carbonyl (C=O) groups excluding carboxylic acids is 2. The van der Waals surface area contributed by atoms with Gasteiger partial charge in [0, 0.05) is 24.1 Å². The van der Waals surface area contributed by atoms with E-state index < -0.39 is 4.75 Å². The number of ether oxygens (including phenoxy) is 1. The van der Waals surface area contributed by atoms with Gasteiger partial charge in [0.1, 0.15) is 5.76 Å². The third kappa shape index (κ3) is 5.31. The number of amides is 1. The highest BCUT2D eigenvalue weighted by molar-refractivity contribution is 8.15. The van der Waals surface area contributed by atoms with Crippen molar-refractivity contribution in [2.75, 3.05) is 19.7 Å². The van der Waals surface area contributed by atoms with Crippen LogP contribution in [0.5, 0.6) is 0 Å². The Hall–Kier alpha value is -2.18. The quantitative estimate of drug-likeness (QED) is 0.244. The molecule has 1 aliphatic heterocycles. The van der Waals surface area contributed by atoms with Gasteiger partial charge in [-0.3, -0.25) is 9.59 Å². The SMILES string of the molecule is C=CC(C)=C[C@@]1(C)SC(=O)C=C1OCC(=O)NCCN=[N+]=[N-]. The zero-order valence-electron chi connectivity index (χ0n) is 12.5. The van der Waals surface area contributed by atoms with Crippen molar-refractivity contribution < 1.29 is 14.3 Å². The van der Waals surface area contributed by atoms with Crippen molar-refractivity contribution in [3.63, 3.8) is 0 Å². The largest absolute Gasteiger partial charge is 0.486 e. The van der Waals surface area contributed by atoms with Crippen LogP contribution >= 0.6 is 11.8 Å². The molecule has 1 heterocycles. The van der Waals surface area contributed by atoms with Crippen LogP contribution in [0.4, 0.5) is 0 Å². The summed E-state index contributed by atoms with van der Waals surface area (Å²) in [5.74, 6) is 0.0963. The smallest absolute Gasteiger partial charge is 0.257 e. The monoisotopic (exact) mass is 322 g/mol. The Morgan fingerprint density at radius 2 is 2.41 bits per heavy atom. The van der Waals surface area contributed by atoms with Gasteiger partial charge < -0.3 is 10.1 Å². The molecule has 1 amide bonds. The number of carbonyl (C=O) groups is 2. The number of hydrogen-bond acceptors (Lipinski definition) is 5. The molecule has 0 spiro atoms. The van der Waals surface area contributed by atoms with Crippen LogP contribution in [-0.4, -0.2) is 35.5 Å². The average molecular weight is 322 g/mol. The Labute approximate surface area is 133 Å². The molecule has 0 saturated heterocycles. The lowest BCUT2D eigenvalue weighted by atomic mass is 10.0. The van der Waals surface area contributed by atoms with E-state index in [2.05, 4.69) is 21.9 Å². The van der Waals surface area contributed by atoms with E-state index in [0.29, 0.717) is 5.76 Å². The molecule has 22 heavy (non-hydrogen) atoms. The van der Waals surface area contributed by atoms with Crippen LogP contribution in [0.2, 0.25) is 0 Å². The lowest BCUT2D eigenvalue weighted by Crippen LogP contribution is -2.31. The number of hydrogen-bond donors (Lipinski definition) is 1. The number of nitrogens with one attached hydrogen (secondary N) is 1. The first-order valence-corrected chi connectivity index (χ1v) is 7.40. The first kappa shape index (κ1) is 17.9. The summed E-state index contributed by atoms with van der Waals surface area (Å²) in [4.78, 5) is 25.8. The van der Waals surface area contributed by atoms with Gasteiger partial charge in [-0.25, -0.2) is 0 Å². The zero-order chi connectivity index (χ0) is 16.6. The van der Waals surface area contributed by atoms with Crippen molar-refractivity contribution in [2.24, 2.45) is 5.11 Å². The maximum atomic E-state index is 11.6. The van der Waals surface area contributed by atoms with E-state index in [1.54, 1.807) is 6.08 Å². The molecule has 7 nitrogen and oxygen atoms in total. The van der Waals surface area contributed by atoms with Gasteiger partial charge in [-0.15, -0.1) is 0 Å². The van der Waals surface area contributed by atoms with E-state index in [-0.39, 0.29) is 30.7 Å². The van der Waals surface area contributed by atoms with Crippen molar-refractivity contribution in [2.45, 2.75) is 18.6 Å². The Bertz CT molecular complexity index is 579. The summed E-state index contributed by atoms with van der Waals surface area (Å²) < 4.78 is 4.84. The highest BCUT2D eigenvalue weighted by Gasteiger charge is 2.38. The van der Waals surface area contributed by atoms with Crippen molar-refractivity contribution in [3.8, 4) is 0 Å². The lowest BCUT2D eigenvalue weighted by molar-refractivity contribution is -0.124. The Balaban J connectivity index is 2.60. The van der Waals surface area contributed by atoms with E-state index >= 15 is 0 Å². The van der Waals surface area contributed by atoms with Crippen LogP contribution in [0.25, 0.3) is 10.4 Å². The molecule has 0 aromatic heterocycles. The predicted molar refractivity (Wildman–Crippen MR) is 86.0 cm³/mol. The van der Waals surface area contributed by atoms with E-state index in [1.807, 2.05) is 19.9 Å². The summed E-state index contributed by atoms with van der Waals surface area (Å²) in [5, 5.41) is 5.74. The first-order valence-electron chi connectivity index (χ1n) is 6.58. The average Bonchev–Trinajstić information content (AvgIpc) is 2.75. The predicted octanol–water partition coefficient (Wildman–Crippen LogP) is 2.48. The van der Waals surface area contributed by atoms with Crippen LogP contribution in [0.15, 0.2) is 41.3 Å². The maximum absolute atomic E-state index is 11.6. The molecule has 0 aromatic carbocycles. The highest BCUT2D eigenvalue weighted by Crippen LogP contribution is 2.42. The summed E-state index contributed by atoms with van der Waals surface area (Å²) in [6.07, 6.45) is 4.96. The molecule has 1 aliphatic rings. The van der Waals surface area contributed by atoms with Gasteiger partial charge in [0.15, 0.2) is 6.61 Å². The molecule has 0 unspecified atom stereocenters. The first-order chi connectivity index (χ1) is 10.4. The Kier molecular flexibility index (Phi) is 6.75. The van der Waals surface area contributed by atoms with E-state index in [4.69, 9.17) is 10.3 Å². The van der Waals surface area contributed by atoms with E-state index in [1.165, 1.54) is 6.08 Å². The Morgan fingerprint density at radius 3 is 3.05 bits per heavy atom. The van der Waals surface area contributed by atoms with E-state index in [0.717, 1.165) is 17.3 Å². The fraction of sp³-hybridized carbons (Fsp3) is 0.429. The molecule has 1 N–H and O–H groups in total. The summed E-state index contributed by atoms with van der Waals surface area (Å²) in [6, 6.07) is 0. The molecule has 1 rings (SSSR count). The van der Waals surface area contributed by atoms with Crippen molar-refractivity contribution >= 4 is 22.8 Å². The fourth-order valence-electron chi connectivity index (χ4n) is 1.80. The van der Waals surface area contributed by atoms with E-state index in [9.17, 15) is 9.59 Å². The number of thioether (sulfide) groups is 1. The van der Waals surface area contributed by atoms with Crippen LogP contribution in [0.1, 0.15) is 13.8 Å². The standard InChI is InChI=1S/C14H18N4O3S/c1-4-10(2)8-14(3)11(7-13(20)22-14)21-9-12(19)16-5-6-17-18-15/h4,7-8H,1,5-6,9H2,2-3H3,(H,16,19)/t14-/m1/s1. The summed E-state index contributed by atoms with van der Waals surface area (Å²) in [5.41, 5.74) is 9.03. The maximum Gasteiger partial charge on any atom is 0.257 e. The molecular weight excluding hydrogens is 304 g/mol. The summed E-state index contributed by atoms with van der Waals surface area (Å²) in [6.45, 7) is 7.62. The second kappa shape index (κ2) is 8.31. The van der Waals surface area contributed by atoms with Crippen molar-refractivity contribution in [3.05, 3.63) is 46.6 Å².